The second kappa shape index (κ2) is 8.23. The van der Waals surface area contributed by atoms with E-state index in [1.165, 1.54) is 0 Å². The predicted molar refractivity (Wildman–Crippen MR) is 45.6 cm³/mol. The van der Waals surface area contributed by atoms with Gasteiger partial charge in [0.15, 0.2) is 6.29 Å². The van der Waals surface area contributed by atoms with Gasteiger partial charge in [0.2, 0.25) is 0 Å². The molecule has 0 saturated heterocycles. The lowest BCUT2D eigenvalue weighted by atomic mass is 10.3. The molecule has 0 fully saturated rings. The Morgan fingerprint density at radius 2 is 1.83 bits per heavy atom. The summed E-state index contributed by atoms with van der Waals surface area (Å²) in [4.78, 5) is 9.86. The first kappa shape index (κ1) is 13.7. The first-order chi connectivity index (χ1) is 5.45. The number of hydrogen-bond donors (Lipinski definition) is 3. The summed E-state index contributed by atoms with van der Waals surface area (Å²) in [7, 11) is 0. The molecule has 0 aliphatic rings. The molecule has 3 N–H and O–H groups in total. The minimum atomic E-state index is -1.12. The highest BCUT2D eigenvalue weighted by Crippen LogP contribution is 1.87. The van der Waals surface area contributed by atoms with Crippen molar-refractivity contribution in [1.82, 2.24) is 0 Å². The number of aliphatic carboxylic acids is 1. The van der Waals surface area contributed by atoms with Crippen LogP contribution in [0.25, 0.3) is 0 Å². The largest absolute Gasteiger partial charge is 0.478 e. The van der Waals surface area contributed by atoms with E-state index in [2.05, 4.69) is 0 Å². The molecule has 0 aromatic heterocycles. The minimum absolute atomic E-state index is 0.389. The average Bonchev–Trinajstić information content (AvgIpc) is 2.04. The maximum Gasteiger partial charge on any atom is 0.330 e. The molecule has 0 rings (SSSR count). The zero-order valence-electron chi connectivity index (χ0n) is 7.61. The molecule has 0 atom stereocenters. The van der Waals surface area contributed by atoms with Gasteiger partial charge in [-0.3, -0.25) is 0 Å². The van der Waals surface area contributed by atoms with Crippen molar-refractivity contribution in [3.8, 4) is 0 Å². The van der Waals surface area contributed by atoms with Gasteiger partial charge in [-0.2, -0.15) is 0 Å². The van der Waals surface area contributed by atoms with Gasteiger partial charge >= 0.3 is 5.97 Å². The third-order valence-electron chi connectivity index (χ3n) is 1.14. The Bertz CT molecular complexity index is 149. The SMILES string of the molecule is CC=C(C)C(=O)O.CCC(O)O. The van der Waals surface area contributed by atoms with Crippen molar-refractivity contribution in [2.75, 3.05) is 0 Å². The molecule has 4 nitrogen and oxygen atoms in total. The number of aliphatic hydroxyl groups excluding tert-OH is 1. The summed E-state index contributed by atoms with van der Waals surface area (Å²) in [5.74, 6) is -0.845. The van der Waals surface area contributed by atoms with Crippen molar-refractivity contribution in [3.63, 3.8) is 0 Å². The quantitative estimate of drug-likeness (QED) is 0.428. The van der Waals surface area contributed by atoms with E-state index in [0.29, 0.717) is 12.0 Å². The summed E-state index contributed by atoms with van der Waals surface area (Å²) in [6.07, 6.45) is 0.859. The Kier molecular flexibility index (Phi) is 9.40. The van der Waals surface area contributed by atoms with Gasteiger partial charge in [-0.15, -0.1) is 0 Å². The highest BCUT2D eigenvalue weighted by atomic mass is 16.5. The van der Waals surface area contributed by atoms with E-state index in [1.807, 2.05) is 0 Å². The number of hydrogen-bond acceptors (Lipinski definition) is 3. The van der Waals surface area contributed by atoms with Crippen LogP contribution in [0.2, 0.25) is 0 Å². The molecule has 0 aromatic rings. The van der Waals surface area contributed by atoms with Crippen LogP contribution in [-0.4, -0.2) is 27.6 Å². The smallest absolute Gasteiger partial charge is 0.330 e. The fraction of sp³-hybridized carbons (Fsp3) is 0.625. The monoisotopic (exact) mass is 176 g/mol. The number of carboxylic acid groups (broad SMARTS) is 1. The molecular weight excluding hydrogens is 160 g/mol. The molecule has 0 heterocycles. The molecule has 0 spiro atoms. The Hall–Kier alpha value is -0.870. The lowest BCUT2D eigenvalue weighted by Crippen LogP contribution is -1.99. The molecule has 0 aliphatic carbocycles. The van der Waals surface area contributed by atoms with E-state index in [9.17, 15) is 4.79 Å². The number of aliphatic hydroxyl groups is 2. The molecule has 4 heteroatoms. The summed E-state index contributed by atoms with van der Waals surface area (Å²) < 4.78 is 0. The molecular formula is C8H16O4. The zero-order chi connectivity index (χ0) is 10.1. The maximum absolute atomic E-state index is 9.86. The van der Waals surface area contributed by atoms with E-state index in [4.69, 9.17) is 15.3 Å². The van der Waals surface area contributed by atoms with Gasteiger partial charge in [-0.1, -0.05) is 13.0 Å². The summed E-state index contributed by atoms with van der Waals surface area (Å²) >= 11 is 0. The minimum Gasteiger partial charge on any atom is -0.478 e. The van der Waals surface area contributed by atoms with Crippen molar-refractivity contribution in [2.45, 2.75) is 33.5 Å². The Morgan fingerprint density at radius 1 is 1.50 bits per heavy atom. The third kappa shape index (κ3) is 11.9. The second-order valence-corrected chi connectivity index (χ2v) is 2.17. The van der Waals surface area contributed by atoms with Crippen LogP contribution in [0, 0.1) is 0 Å². The molecule has 0 aromatic carbocycles. The lowest BCUT2D eigenvalue weighted by Gasteiger charge is -1.90. The molecule has 0 amide bonds. The van der Waals surface area contributed by atoms with E-state index >= 15 is 0 Å². The van der Waals surface area contributed by atoms with Crippen molar-refractivity contribution in [1.29, 1.82) is 0 Å². The molecule has 0 radical (unpaired) electrons. The maximum atomic E-state index is 9.86. The fourth-order valence-electron chi connectivity index (χ4n) is 0.123. The normalized spacial score (nSPS) is 10.7. The fourth-order valence-corrected chi connectivity index (χ4v) is 0.123. The number of carbonyl (C=O) groups is 1. The van der Waals surface area contributed by atoms with Crippen LogP contribution in [-0.2, 0) is 4.79 Å². The van der Waals surface area contributed by atoms with Crippen molar-refractivity contribution in [3.05, 3.63) is 11.6 Å². The van der Waals surface area contributed by atoms with E-state index < -0.39 is 12.3 Å². The zero-order valence-corrected chi connectivity index (χ0v) is 7.61. The van der Waals surface area contributed by atoms with Gasteiger partial charge in [0, 0.05) is 5.57 Å². The van der Waals surface area contributed by atoms with E-state index in [1.54, 1.807) is 26.8 Å². The predicted octanol–water partition coefficient (Wildman–Crippen LogP) is 0.744. The molecule has 72 valence electrons. The lowest BCUT2D eigenvalue weighted by molar-refractivity contribution is -0.132. The Balaban J connectivity index is 0. The Morgan fingerprint density at radius 3 is 1.83 bits per heavy atom. The molecule has 0 unspecified atom stereocenters. The van der Waals surface area contributed by atoms with Gasteiger partial charge in [0.05, 0.1) is 0 Å². The number of rotatable bonds is 2. The standard InChI is InChI=1S/C5H8O2.C3H8O2/c1-3-4(2)5(6)7;1-2-3(4)5/h3H,1-2H3,(H,6,7);3-5H,2H2,1H3. The highest BCUT2D eigenvalue weighted by Gasteiger charge is 1.93. The summed E-state index contributed by atoms with van der Waals surface area (Å²) in [5.41, 5.74) is 0.389. The van der Waals surface area contributed by atoms with Crippen LogP contribution in [0.3, 0.4) is 0 Å². The van der Waals surface area contributed by atoms with Crippen LogP contribution >= 0.6 is 0 Å². The van der Waals surface area contributed by atoms with Crippen molar-refractivity contribution >= 4 is 5.97 Å². The van der Waals surface area contributed by atoms with E-state index in [-0.39, 0.29) is 0 Å². The number of carboxylic acids is 1. The number of allylic oxidation sites excluding steroid dienone is 1. The van der Waals surface area contributed by atoms with Gasteiger partial charge in [-0.25, -0.2) is 4.79 Å². The van der Waals surface area contributed by atoms with Crippen LogP contribution in [0.15, 0.2) is 11.6 Å². The Labute approximate surface area is 72.2 Å². The molecule has 0 saturated carbocycles. The van der Waals surface area contributed by atoms with Crippen LogP contribution < -0.4 is 0 Å². The van der Waals surface area contributed by atoms with Gasteiger partial charge in [0.1, 0.15) is 0 Å². The van der Waals surface area contributed by atoms with Gasteiger partial charge in [0.25, 0.3) is 0 Å². The van der Waals surface area contributed by atoms with Gasteiger partial charge < -0.3 is 15.3 Å². The van der Waals surface area contributed by atoms with Crippen molar-refractivity contribution in [2.24, 2.45) is 0 Å². The first-order valence-electron chi connectivity index (χ1n) is 3.68. The van der Waals surface area contributed by atoms with Crippen molar-refractivity contribution < 1.29 is 20.1 Å². The van der Waals surface area contributed by atoms with E-state index in [0.717, 1.165) is 0 Å². The molecule has 0 bridgehead atoms. The third-order valence-corrected chi connectivity index (χ3v) is 1.14. The molecule has 0 aliphatic heterocycles. The summed E-state index contributed by atoms with van der Waals surface area (Å²) in [5, 5.41) is 23.9. The average molecular weight is 176 g/mol. The molecule has 12 heavy (non-hydrogen) atoms. The van der Waals surface area contributed by atoms with Crippen LogP contribution in [0.5, 0.6) is 0 Å². The second-order valence-electron chi connectivity index (χ2n) is 2.17. The topological polar surface area (TPSA) is 77.8 Å². The summed E-state index contributed by atoms with van der Waals surface area (Å²) in [6.45, 7) is 4.95. The van der Waals surface area contributed by atoms with Gasteiger partial charge in [-0.05, 0) is 20.3 Å². The first-order valence-corrected chi connectivity index (χ1v) is 3.68. The highest BCUT2D eigenvalue weighted by molar-refractivity contribution is 5.85. The van der Waals surface area contributed by atoms with Crippen LogP contribution in [0.4, 0.5) is 0 Å². The van der Waals surface area contributed by atoms with Crippen LogP contribution in [0.1, 0.15) is 27.2 Å². The summed E-state index contributed by atoms with van der Waals surface area (Å²) in [6, 6.07) is 0.